The van der Waals surface area contributed by atoms with E-state index in [4.69, 9.17) is 9.15 Å². The molecule has 0 fully saturated rings. The zero-order valence-electron chi connectivity index (χ0n) is 19.4. The lowest BCUT2D eigenvalue weighted by Gasteiger charge is -2.24. The summed E-state index contributed by atoms with van der Waals surface area (Å²) >= 11 is 6.32. The van der Waals surface area contributed by atoms with Crippen LogP contribution in [-0.4, -0.2) is 17.1 Å². The van der Waals surface area contributed by atoms with Gasteiger partial charge in [-0.1, -0.05) is 71.6 Å². The van der Waals surface area contributed by atoms with Gasteiger partial charge in [0.1, 0.15) is 5.76 Å². The smallest absolute Gasteiger partial charge is 0.338 e. The lowest BCUT2D eigenvalue weighted by atomic mass is 9.96. The van der Waals surface area contributed by atoms with E-state index in [0.717, 1.165) is 14.9 Å². The van der Waals surface area contributed by atoms with Crippen molar-refractivity contribution in [1.29, 1.82) is 0 Å². The molecule has 3 heterocycles. The van der Waals surface area contributed by atoms with Crippen molar-refractivity contribution in [3.63, 3.8) is 0 Å². The highest BCUT2D eigenvalue weighted by molar-refractivity contribution is 9.10. The summed E-state index contributed by atoms with van der Waals surface area (Å²) in [5.41, 5.74) is 1.47. The number of carbonyl (C=O) groups is 1. The van der Waals surface area contributed by atoms with Crippen LogP contribution in [0, 0.1) is 0 Å². The van der Waals surface area contributed by atoms with Gasteiger partial charge in [-0.2, -0.15) is 0 Å². The van der Waals surface area contributed by atoms with Crippen LogP contribution in [0.5, 0.6) is 0 Å². The Labute approximate surface area is 223 Å². The first-order valence-electron chi connectivity index (χ1n) is 11.2. The fourth-order valence-electron chi connectivity index (χ4n) is 3.98. The number of nitrogens with zero attached hydrogens (tertiary/aromatic N) is 2. The highest BCUT2D eigenvalue weighted by Gasteiger charge is 2.33. The Balaban J connectivity index is 1.60. The second-order valence-electron chi connectivity index (χ2n) is 7.91. The summed E-state index contributed by atoms with van der Waals surface area (Å²) in [6.07, 6.45) is 1.72. The van der Waals surface area contributed by atoms with E-state index in [9.17, 15) is 9.59 Å². The standard InChI is InChI=1S/C27H21BrN2O4S2/c1-3-33-25(32)22-16(2)29-27-30(23(22)17-10-6-4-7-11-17)24(31)21(36-27)15-18-14-20(28)26(34-18)35-19-12-8-5-9-13-19/h4-15,23H,3H2,1-2H3/b21-15+/t23-/m1/s1. The van der Waals surface area contributed by atoms with E-state index in [1.807, 2.05) is 66.7 Å². The third kappa shape index (κ3) is 4.78. The number of esters is 1. The lowest BCUT2D eigenvalue weighted by molar-refractivity contribution is -0.139. The Morgan fingerprint density at radius 2 is 1.89 bits per heavy atom. The van der Waals surface area contributed by atoms with Gasteiger partial charge in [0, 0.05) is 11.0 Å². The number of benzene rings is 2. The second-order valence-corrected chi connectivity index (χ2v) is 10.8. The molecule has 0 amide bonds. The molecule has 4 aromatic rings. The van der Waals surface area contributed by atoms with E-state index in [0.29, 0.717) is 31.5 Å². The first-order chi connectivity index (χ1) is 17.5. The molecular weight excluding hydrogens is 560 g/mol. The monoisotopic (exact) mass is 580 g/mol. The molecule has 2 aromatic carbocycles. The highest BCUT2D eigenvalue weighted by atomic mass is 79.9. The van der Waals surface area contributed by atoms with E-state index in [-0.39, 0.29) is 12.2 Å². The maximum Gasteiger partial charge on any atom is 0.338 e. The minimum Gasteiger partial charge on any atom is -0.463 e. The summed E-state index contributed by atoms with van der Waals surface area (Å²) in [7, 11) is 0. The van der Waals surface area contributed by atoms with Crippen LogP contribution in [0.15, 0.2) is 107 Å². The molecule has 0 aliphatic carbocycles. The summed E-state index contributed by atoms with van der Waals surface area (Å²) in [5, 5.41) is 0.697. The van der Waals surface area contributed by atoms with Crippen LogP contribution in [0.3, 0.4) is 0 Å². The molecule has 0 saturated carbocycles. The van der Waals surface area contributed by atoms with Gasteiger partial charge >= 0.3 is 5.97 Å². The van der Waals surface area contributed by atoms with Crippen LogP contribution >= 0.6 is 39.0 Å². The van der Waals surface area contributed by atoms with Crippen molar-refractivity contribution in [3.8, 4) is 0 Å². The van der Waals surface area contributed by atoms with Crippen LogP contribution in [0.25, 0.3) is 6.08 Å². The fourth-order valence-corrected chi connectivity index (χ4v) is 6.35. The second kappa shape index (κ2) is 10.5. The number of rotatable bonds is 6. The van der Waals surface area contributed by atoms with Crippen molar-refractivity contribution in [1.82, 2.24) is 4.57 Å². The number of hydrogen-bond acceptors (Lipinski definition) is 7. The minimum absolute atomic E-state index is 0.234. The minimum atomic E-state index is -0.629. The molecule has 0 spiro atoms. The Bertz CT molecular complexity index is 1640. The molecule has 0 bridgehead atoms. The number of hydrogen-bond donors (Lipinski definition) is 0. The highest BCUT2D eigenvalue weighted by Crippen LogP contribution is 2.36. The van der Waals surface area contributed by atoms with Crippen LogP contribution in [0.1, 0.15) is 31.2 Å². The lowest BCUT2D eigenvalue weighted by Crippen LogP contribution is -2.39. The largest absolute Gasteiger partial charge is 0.463 e. The molecule has 0 unspecified atom stereocenters. The fraction of sp³-hybridized carbons (Fsp3) is 0.148. The van der Waals surface area contributed by atoms with Crippen molar-refractivity contribution < 1.29 is 13.9 Å². The third-order valence-electron chi connectivity index (χ3n) is 5.53. The summed E-state index contributed by atoms with van der Waals surface area (Å²) in [4.78, 5) is 32.8. The average Bonchev–Trinajstić information content (AvgIpc) is 3.37. The van der Waals surface area contributed by atoms with Gasteiger partial charge in [0.25, 0.3) is 5.56 Å². The molecule has 6 nitrogen and oxygen atoms in total. The SMILES string of the molecule is CCOC(=O)C1=C(C)N=c2s/c(=C/c3cc(Br)c(Sc4ccccc4)o3)c(=O)n2[C@@H]1c1ccccc1. The van der Waals surface area contributed by atoms with Gasteiger partial charge in [0.2, 0.25) is 0 Å². The molecular formula is C27H21BrN2O4S2. The van der Waals surface area contributed by atoms with Crippen molar-refractivity contribution in [3.05, 3.63) is 113 Å². The molecule has 1 aliphatic rings. The molecule has 5 rings (SSSR count). The maximum absolute atomic E-state index is 13.7. The number of ether oxygens (including phenoxy) is 1. The van der Waals surface area contributed by atoms with Crippen molar-refractivity contribution >= 4 is 51.1 Å². The maximum atomic E-state index is 13.7. The Morgan fingerprint density at radius 1 is 1.19 bits per heavy atom. The molecule has 2 aromatic heterocycles. The number of carbonyl (C=O) groups excluding carboxylic acids is 1. The van der Waals surface area contributed by atoms with Gasteiger partial charge in [0.15, 0.2) is 9.89 Å². The number of aromatic nitrogens is 1. The van der Waals surface area contributed by atoms with Crippen molar-refractivity contribution in [2.75, 3.05) is 6.61 Å². The van der Waals surface area contributed by atoms with E-state index < -0.39 is 12.0 Å². The predicted octanol–water partition coefficient (Wildman–Crippen LogP) is 5.31. The predicted molar refractivity (Wildman–Crippen MR) is 144 cm³/mol. The summed E-state index contributed by atoms with van der Waals surface area (Å²) < 4.78 is 14.2. The molecule has 9 heteroatoms. The quantitative estimate of drug-likeness (QED) is 0.289. The number of thiazole rings is 1. The first kappa shape index (κ1) is 24.5. The Kier molecular flexibility index (Phi) is 7.13. The molecule has 0 radical (unpaired) electrons. The third-order valence-corrected chi connectivity index (χ3v) is 8.36. The van der Waals surface area contributed by atoms with Crippen LogP contribution in [-0.2, 0) is 9.53 Å². The van der Waals surface area contributed by atoms with Crippen LogP contribution in [0.4, 0.5) is 0 Å². The van der Waals surface area contributed by atoms with E-state index in [1.54, 1.807) is 24.5 Å². The summed E-state index contributed by atoms with van der Waals surface area (Å²) in [6, 6.07) is 20.6. The van der Waals surface area contributed by atoms with Gasteiger partial charge in [-0.3, -0.25) is 9.36 Å². The zero-order valence-corrected chi connectivity index (χ0v) is 22.7. The number of furan rings is 1. The first-order valence-corrected chi connectivity index (χ1v) is 13.7. The van der Waals surface area contributed by atoms with E-state index in [2.05, 4.69) is 20.9 Å². The van der Waals surface area contributed by atoms with E-state index >= 15 is 0 Å². The molecule has 0 saturated heterocycles. The van der Waals surface area contributed by atoms with Gasteiger partial charge in [-0.15, -0.1) is 0 Å². The molecule has 0 N–H and O–H groups in total. The molecule has 1 aliphatic heterocycles. The summed E-state index contributed by atoms with van der Waals surface area (Å²) in [6.45, 7) is 3.76. The van der Waals surface area contributed by atoms with Crippen molar-refractivity contribution in [2.24, 2.45) is 4.99 Å². The molecule has 1 atom stereocenters. The number of halogens is 1. The molecule has 182 valence electrons. The summed E-state index contributed by atoms with van der Waals surface area (Å²) in [5.74, 6) is 0.0718. The van der Waals surface area contributed by atoms with Gasteiger partial charge < -0.3 is 9.15 Å². The van der Waals surface area contributed by atoms with Gasteiger partial charge in [-0.25, -0.2) is 9.79 Å². The van der Waals surface area contributed by atoms with Crippen molar-refractivity contribution in [2.45, 2.75) is 29.9 Å². The molecule has 36 heavy (non-hydrogen) atoms. The Morgan fingerprint density at radius 3 is 2.58 bits per heavy atom. The Hall–Kier alpha value is -3.14. The van der Waals surface area contributed by atoms with Crippen LogP contribution < -0.4 is 14.9 Å². The number of allylic oxidation sites excluding steroid dienone is 1. The van der Waals surface area contributed by atoms with Crippen LogP contribution in [0.2, 0.25) is 0 Å². The normalized spacial score (nSPS) is 15.5. The average molecular weight is 582 g/mol. The number of fused-ring (bicyclic) bond motifs is 1. The van der Waals surface area contributed by atoms with Gasteiger partial charge in [0.05, 0.1) is 32.9 Å². The topological polar surface area (TPSA) is 73.8 Å². The van der Waals surface area contributed by atoms with E-state index in [1.165, 1.54) is 23.1 Å². The van der Waals surface area contributed by atoms with Gasteiger partial charge in [-0.05, 0) is 53.5 Å². The zero-order chi connectivity index (χ0) is 25.2.